The van der Waals surface area contributed by atoms with E-state index in [2.05, 4.69) is 36.5 Å². The van der Waals surface area contributed by atoms with Gasteiger partial charge in [-0.1, -0.05) is 48.9 Å². The fraction of sp³-hybridized carbons (Fsp3) is 0.333. The van der Waals surface area contributed by atoms with E-state index in [1.165, 1.54) is 5.56 Å². The summed E-state index contributed by atoms with van der Waals surface area (Å²) in [5.74, 6) is 1.34. The smallest absolute Gasteiger partial charge is 0.162 e. The Bertz CT molecular complexity index is 602. The SMILES string of the molecule is CCC(NCc1cc(OC)c(OC)cc1Cl)c1ccccc1. The van der Waals surface area contributed by atoms with E-state index in [1.807, 2.05) is 12.1 Å². The summed E-state index contributed by atoms with van der Waals surface area (Å²) in [6.45, 7) is 2.84. The molecule has 0 radical (unpaired) electrons. The molecule has 2 aromatic carbocycles. The van der Waals surface area contributed by atoms with Gasteiger partial charge in [-0.05, 0) is 23.6 Å². The van der Waals surface area contributed by atoms with Crippen molar-refractivity contribution in [1.29, 1.82) is 0 Å². The predicted molar refractivity (Wildman–Crippen MR) is 90.9 cm³/mol. The molecule has 0 saturated carbocycles. The second-order valence-electron chi connectivity index (χ2n) is 5.05. The normalized spacial score (nSPS) is 12.0. The van der Waals surface area contributed by atoms with Gasteiger partial charge in [0, 0.05) is 23.7 Å². The second-order valence-corrected chi connectivity index (χ2v) is 5.46. The van der Waals surface area contributed by atoms with Crippen molar-refractivity contribution < 1.29 is 9.47 Å². The molecule has 0 fully saturated rings. The zero-order chi connectivity index (χ0) is 15.9. The topological polar surface area (TPSA) is 30.5 Å². The first-order valence-electron chi connectivity index (χ1n) is 7.38. The van der Waals surface area contributed by atoms with Crippen molar-refractivity contribution in [3.8, 4) is 11.5 Å². The average molecular weight is 320 g/mol. The molecular formula is C18H22ClNO2. The number of ether oxygens (including phenoxy) is 2. The highest BCUT2D eigenvalue weighted by atomic mass is 35.5. The second kappa shape index (κ2) is 8.06. The zero-order valence-corrected chi connectivity index (χ0v) is 14.0. The molecule has 2 rings (SSSR count). The summed E-state index contributed by atoms with van der Waals surface area (Å²) in [5.41, 5.74) is 2.27. The molecule has 0 aromatic heterocycles. The van der Waals surface area contributed by atoms with E-state index in [1.54, 1.807) is 20.3 Å². The first-order valence-corrected chi connectivity index (χ1v) is 7.76. The lowest BCUT2D eigenvalue weighted by Gasteiger charge is -2.19. The number of nitrogens with one attached hydrogen (secondary N) is 1. The fourth-order valence-electron chi connectivity index (χ4n) is 2.45. The van der Waals surface area contributed by atoms with Crippen LogP contribution >= 0.6 is 11.6 Å². The minimum atomic E-state index is 0.297. The third-order valence-corrected chi connectivity index (χ3v) is 4.05. The van der Waals surface area contributed by atoms with Gasteiger partial charge in [0.15, 0.2) is 11.5 Å². The standard InChI is InChI=1S/C18H22ClNO2/c1-4-16(13-8-6-5-7-9-13)20-12-14-10-17(21-2)18(22-3)11-15(14)19/h5-11,16,20H,4,12H2,1-3H3. The lowest BCUT2D eigenvalue weighted by atomic mass is 10.0. The van der Waals surface area contributed by atoms with E-state index in [9.17, 15) is 0 Å². The summed E-state index contributed by atoms with van der Waals surface area (Å²) in [7, 11) is 3.23. The van der Waals surface area contributed by atoms with E-state index in [0.29, 0.717) is 29.1 Å². The molecule has 0 spiro atoms. The van der Waals surface area contributed by atoms with Crippen LogP contribution in [0.15, 0.2) is 42.5 Å². The molecule has 0 aliphatic heterocycles. The molecular weight excluding hydrogens is 298 g/mol. The molecule has 1 unspecified atom stereocenters. The van der Waals surface area contributed by atoms with Crippen LogP contribution in [0.5, 0.6) is 11.5 Å². The van der Waals surface area contributed by atoms with Gasteiger partial charge in [-0.3, -0.25) is 0 Å². The van der Waals surface area contributed by atoms with Gasteiger partial charge in [-0.2, -0.15) is 0 Å². The lowest BCUT2D eigenvalue weighted by molar-refractivity contribution is 0.354. The van der Waals surface area contributed by atoms with Gasteiger partial charge in [0.05, 0.1) is 14.2 Å². The first kappa shape index (κ1) is 16.7. The van der Waals surface area contributed by atoms with Crippen molar-refractivity contribution >= 4 is 11.6 Å². The van der Waals surface area contributed by atoms with Gasteiger partial charge in [-0.15, -0.1) is 0 Å². The van der Waals surface area contributed by atoms with E-state index in [-0.39, 0.29) is 0 Å². The number of hydrogen-bond acceptors (Lipinski definition) is 3. The van der Waals surface area contributed by atoms with Gasteiger partial charge < -0.3 is 14.8 Å². The maximum absolute atomic E-state index is 6.33. The monoisotopic (exact) mass is 319 g/mol. The van der Waals surface area contributed by atoms with Gasteiger partial charge >= 0.3 is 0 Å². The number of hydrogen-bond donors (Lipinski definition) is 1. The number of rotatable bonds is 7. The Balaban J connectivity index is 2.13. The summed E-state index contributed by atoms with van der Waals surface area (Å²) < 4.78 is 10.6. The molecule has 4 heteroatoms. The van der Waals surface area contributed by atoms with Crippen LogP contribution < -0.4 is 14.8 Å². The summed E-state index contributed by atoms with van der Waals surface area (Å²) in [5, 5.41) is 4.22. The van der Waals surface area contributed by atoms with Crippen LogP contribution in [0.25, 0.3) is 0 Å². The summed E-state index contributed by atoms with van der Waals surface area (Å²) in [6.07, 6.45) is 1.01. The van der Waals surface area contributed by atoms with E-state index < -0.39 is 0 Å². The summed E-state index contributed by atoms with van der Waals surface area (Å²) in [6, 6.07) is 14.4. The molecule has 0 heterocycles. The average Bonchev–Trinajstić information content (AvgIpc) is 2.57. The Kier molecular flexibility index (Phi) is 6.10. The van der Waals surface area contributed by atoms with Crippen LogP contribution in [-0.4, -0.2) is 14.2 Å². The van der Waals surface area contributed by atoms with Crippen LogP contribution in [-0.2, 0) is 6.54 Å². The van der Waals surface area contributed by atoms with Crippen molar-refractivity contribution in [2.24, 2.45) is 0 Å². The third kappa shape index (κ3) is 3.93. The number of halogens is 1. The summed E-state index contributed by atoms with van der Waals surface area (Å²) in [4.78, 5) is 0. The molecule has 0 aliphatic carbocycles. The Morgan fingerprint density at radius 2 is 1.68 bits per heavy atom. The Morgan fingerprint density at radius 3 is 2.27 bits per heavy atom. The minimum absolute atomic E-state index is 0.297. The summed E-state index contributed by atoms with van der Waals surface area (Å²) >= 11 is 6.33. The molecule has 1 N–H and O–H groups in total. The Labute approximate surface area is 137 Å². The van der Waals surface area contributed by atoms with Crippen molar-refractivity contribution in [2.45, 2.75) is 25.9 Å². The van der Waals surface area contributed by atoms with Crippen molar-refractivity contribution in [3.05, 3.63) is 58.6 Å². The molecule has 1 atom stereocenters. The van der Waals surface area contributed by atoms with Crippen LogP contribution in [0.3, 0.4) is 0 Å². The highest BCUT2D eigenvalue weighted by Crippen LogP contribution is 2.33. The maximum Gasteiger partial charge on any atom is 0.162 e. The highest BCUT2D eigenvalue weighted by Gasteiger charge is 2.12. The molecule has 0 amide bonds. The fourth-order valence-corrected chi connectivity index (χ4v) is 2.67. The van der Waals surface area contributed by atoms with Crippen LogP contribution in [0, 0.1) is 0 Å². The molecule has 0 aliphatic rings. The van der Waals surface area contributed by atoms with Crippen molar-refractivity contribution in [3.63, 3.8) is 0 Å². The van der Waals surface area contributed by atoms with Gasteiger partial charge in [-0.25, -0.2) is 0 Å². The molecule has 3 nitrogen and oxygen atoms in total. The number of methoxy groups -OCH3 is 2. The Morgan fingerprint density at radius 1 is 1.05 bits per heavy atom. The molecule has 2 aromatic rings. The predicted octanol–water partition coefficient (Wildman–Crippen LogP) is 4.60. The van der Waals surface area contributed by atoms with Crippen molar-refractivity contribution in [1.82, 2.24) is 5.32 Å². The largest absolute Gasteiger partial charge is 0.493 e. The van der Waals surface area contributed by atoms with E-state index in [4.69, 9.17) is 21.1 Å². The zero-order valence-electron chi connectivity index (χ0n) is 13.2. The molecule has 0 saturated heterocycles. The maximum atomic E-state index is 6.33. The lowest BCUT2D eigenvalue weighted by Crippen LogP contribution is -2.20. The Hall–Kier alpha value is -1.71. The van der Waals surface area contributed by atoms with E-state index >= 15 is 0 Å². The van der Waals surface area contributed by atoms with Crippen LogP contribution in [0.4, 0.5) is 0 Å². The van der Waals surface area contributed by atoms with Gasteiger partial charge in [0.25, 0.3) is 0 Å². The molecule has 0 bridgehead atoms. The van der Waals surface area contributed by atoms with E-state index in [0.717, 1.165) is 12.0 Å². The third-order valence-electron chi connectivity index (χ3n) is 3.70. The van der Waals surface area contributed by atoms with Crippen molar-refractivity contribution in [2.75, 3.05) is 14.2 Å². The molecule has 118 valence electrons. The minimum Gasteiger partial charge on any atom is -0.493 e. The highest BCUT2D eigenvalue weighted by molar-refractivity contribution is 6.31. The van der Waals surface area contributed by atoms with Crippen LogP contribution in [0.1, 0.15) is 30.5 Å². The van der Waals surface area contributed by atoms with Gasteiger partial charge in [0.1, 0.15) is 0 Å². The first-order chi connectivity index (χ1) is 10.7. The molecule has 22 heavy (non-hydrogen) atoms. The van der Waals surface area contributed by atoms with Gasteiger partial charge in [0.2, 0.25) is 0 Å². The number of benzene rings is 2. The quantitative estimate of drug-likeness (QED) is 0.809. The van der Waals surface area contributed by atoms with Crippen LogP contribution in [0.2, 0.25) is 5.02 Å².